The average Bonchev–Trinajstić information content (AvgIpc) is 2.65. The van der Waals surface area contributed by atoms with Gasteiger partial charge in [0.2, 0.25) is 0 Å². The molecule has 2 aromatic rings. The number of nitrogens with zero attached hydrogens (tertiary/aromatic N) is 2. The lowest BCUT2D eigenvalue weighted by molar-refractivity contribution is 0.535. The Morgan fingerprint density at radius 1 is 1.32 bits per heavy atom. The quantitative estimate of drug-likeness (QED) is 0.899. The van der Waals surface area contributed by atoms with Crippen LogP contribution in [0.1, 0.15) is 44.9 Å². The summed E-state index contributed by atoms with van der Waals surface area (Å²) in [7, 11) is 1.99. The topological polar surface area (TPSA) is 43.8 Å². The van der Waals surface area contributed by atoms with Gasteiger partial charge in [-0.1, -0.05) is 13.3 Å². The van der Waals surface area contributed by atoms with Crippen LogP contribution in [0.15, 0.2) is 18.2 Å². The fourth-order valence-corrected chi connectivity index (χ4v) is 2.51. The molecule has 0 amide bonds. The molecule has 0 aliphatic carbocycles. The SMILES string of the molecule is CC(N)CCCC(C)c1nc2cc(F)ccc2n1C. The number of aryl methyl sites for hydroxylation is 1. The van der Waals surface area contributed by atoms with Crippen molar-refractivity contribution in [1.82, 2.24) is 9.55 Å². The van der Waals surface area contributed by atoms with E-state index in [2.05, 4.69) is 16.5 Å². The summed E-state index contributed by atoms with van der Waals surface area (Å²) in [4.78, 5) is 4.56. The first-order valence-corrected chi connectivity index (χ1v) is 6.86. The standard InChI is InChI=1S/C15H22FN3/c1-10(5-4-6-11(2)17)15-18-13-9-12(16)7-8-14(13)19(15)3/h7-11H,4-6,17H2,1-3H3. The summed E-state index contributed by atoms with van der Waals surface area (Å²) in [6.07, 6.45) is 3.18. The zero-order valence-corrected chi connectivity index (χ0v) is 11.9. The molecular formula is C15H22FN3. The highest BCUT2D eigenvalue weighted by atomic mass is 19.1. The highest BCUT2D eigenvalue weighted by Crippen LogP contribution is 2.25. The third kappa shape index (κ3) is 3.13. The predicted octanol–water partition coefficient (Wildman–Crippen LogP) is 3.33. The number of hydrogen-bond donors (Lipinski definition) is 1. The molecule has 0 radical (unpaired) electrons. The molecule has 1 heterocycles. The molecular weight excluding hydrogens is 241 g/mol. The second kappa shape index (κ2) is 5.70. The third-order valence-electron chi connectivity index (χ3n) is 3.61. The van der Waals surface area contributed by atoms with Gasteiger partial charge in [-0.25, -0.2) is 9.37 Å². The van der Waals surface area contributed by atoms with Crippen molar-refractivity contribution in [3.8, 4) is 0 Å². The molecule has 3 nitrogen and oxygen atoms in total. The maximum Gasteiger partial charge on any atom is 0.125 e. The van der Waals surface area contributed by atoms with Crippen molar-refractivity contribution >= 4 is 11.0 Å². The van der Waals surface area contributed by atoms with E-state index in [0.29, 0.717) is 5.92 Å². The number of nitrogens with two attached hydrogens (primary N) is 1. The Hall–Kier alpha value is -1.42. The molecule has 19 heavy (non-hydrogen) atoms. The fourth-order valence-electron chi connectivity index (χ4n) is 2.51. The van der Waals surface area contributed by atoms with Crippen molar-refractivity contribution in [2.45, 2.75) is 45.1 Å². The lowest BCUT2D eigenvalue weighted by Gasteiger charge is -2.12. The lowest BCUT2D eigenvalue weighted by Crippen LogP contribution is -2.14. The van der Waals surface area contributed by atoms with Gasteiger partial charge in [0.1, 0.15) is 11.6 Å². The van der Waals surface area contributed by atoms with E-state index in [9.17, 15) is 4.39 Å². The Morgan fingerprint density at radius 3 is 2.74 bits per heavy atom. The molecule has 0 aliphatic rings. The highest BCUT2D eigenvalue weighted by molar-refractivity contribution is 5.76. The molecule has 2 rings (SSSR count). The van der Waals surface area contributed by atoms with Crippen LogP contribution in [0.25, 0.3) is 11.0 Å². The smallest absolute Gasteiger partial charge is 0.125 e. The minimum Gasteiger partial charge on any atom is -0.331 e. The highest BCUT2D eigenvalue weighted by Gasteiger charge is 2.14. The normalized spacial score (nSPS) is 14.8. The van der Waals surface area contributed by atoms with Gasteiger partial charge in [-0.15, -0.1) is 0 Å². The molecule has 0 spiro atoms. The third-order valence-corrected chi connectivity index (χ3v) is 3.61. The van der Waals surface area contributed by atoms with Crippen LogP contribution in [0.5, 0.6) is 0 Å². The van der Waals surface area contributed by atoms with Crippen LogP contribution in [0.4, 0.5) is 4.39 Å². The van der Waals surface area contributed by atoms with E-state index < -0.39 is 0 Å². The number of benzene rings is 1. The first-order chi connectivity index (χ1) is 8.99. The van der Waals surface area contributed by atoms with Crippen molar-refractivity contribution in [2.75, 3.05) is 0 Å². The summed E-state index contributed by atoms with van der Waals surface area (Å²) in [5, 5.41) is 0. The van der Waals surface area contributed by atoms with Gasteiger partial charge >= 0.3 is 0 Å². The van der Waals surface area contributed by atoms with E-state index in [-0.39, 0.29) is 11.9 Å². The van der Waals surface area contributed by atoms with Gasteiger partial charge in [-0.3, -0.25) is 0 Å². The van der Waals surface area contributed by atoms with Crippen molar-refractivity contribution in [1.29, 1.82) is 0 Å². The van der Waals surface area contributed by atoms with E-state index >= 15 is 0 Å². The number of hydrogen-bond acceptors (Lipinski definition) is 2. The van der Waals surface area contributed by atoms with Crippen molar-refractivity contribution in [3.63, 3.8) is 0 Å². The molecule has 0 aliphatic heterocycles. The van der Waals surface area contributed by atoms with Crippen molar-refractivity contribution < 1.29 is 4.39 Å². The van der Waals surface area contributed by atoms with Gasteiger partial charge in [0, 0.05) is 25.1 Å². The summed E-state index contributed by atoms with van der Waals surface area (Å²) in [6.45, 7) is 4.20. The summed E-state index contributed by atoms with van der Waals surface area (Å²) < 4.78 is 15.3. The van der Waals surface area contributed by atoms with Gasteiger partial charge in [0.05, 0.1) is 11.0 Å². The summed E-state index contributed by atoms with van der Waals surface area (Å²) in [5.74, 6) is 1.14. The Kier molecular flexibility index (Phi) is 4.20. The summed E-state index contributed by atoms with van der Waals surface area (Å²) in [5.41, 5.74) is 7.48. The van der Waals surface area contributed by atoms with Gasteiger partial charge in [0.15, 0.2) is 0 Å². The lowest BCUT2D eigenvalue weighted by atomic mass is 10.0. The van der Waals surface area contributed by atoms with Crippen LogP contribution in [-0.2, 0) is 7.05 Å². The van der Waals surface area contributed by atoms with Crippen LogP contribution >= 0.6 is 0 Å². The minimum atomic E-state index is -0.234. The Bertz CT molecular complexity index is 560. The first-order valence-electron chi connectivity index (χ1n) is 6.86. The van der Waals surface area contributed by atoms with E-state index in [4.69, 9.17) is 5.73 Å². The van der Waals surface area contributed by atoms with E-state index in [1.54, 1.807) is 6.07 Å². The largest absolute Gasteiger partial charge is 0.331 e. The van der Waals surface area contributed by atoms with Crippen LogP contribution in [0, 0.1) is 5.82 Å². The molecule has 2 atom stereocenters. The monoisotopic (exact) mass is 263 g/mol. The molecule has 4 heteroatoms. The Labute approximate surface area is 113 Å². The van der Waals surface area contributed by atoms with Gasteiger partial charge in [0.25, 0.3) is 0 Å². The molecule has 0 fully saturated rings. The molecule has 1 aromatic heterocycles. The molecule has 104 valence electrons. The summed E-state index contributed by atoms with van der Waals surface area (Å²) >= 11 is 0. The van der Waals surface area contributed by atoms with Crippen molar-refractivity contribution in [2.24, 2.45) is 12.8 Å². The molecule has 2 unspecified atom stereocenters. The molecule has 0 saturated carbocycles. The van der Waals surface area contributed by atoms with Crippen LogP contribution in [-0.4, -0.2) is 15.6 Å². The second-order valence-corrected chi connectivity index (χ2v) is 5.47. The molecule has 0 saturated heterocycles. The fraction of sp³-hybridized carbons (Fsp3) is 0.533. The zero-order valence-electron chi connectivity index (χ0n) is 11.9. The number of fused-ring (bicyclic) bond motifs is 1. The molecule has 1 aromatic carbocycles. The van der Waals surface area contributed by atoms with Crippen LogP contribution in [0.2, 0.25) is 0 Å². The van der Waals surface area contributed by atoms with Gasteiger partial charge < -0.3 is 10.3 Å². The second-order valence-electron chi connectivity index (χ2n) is 5.47. The summed E-state index contributed by atoms with van der Waals surface area (Å²) in [6, 6.07) is 5.01. The number of rotatable bonds is 5. The van der Waals surface area contributed by atoms with E-state index in [0.717, 1.165) is 36.1 Å². The first kappa shape index (κ1) is 14.0. The minimum absolute atomic E-state index is 0.234. The Balaban J connectivity index is 2.17. The van der Waals surface area contributed by atoms with E-state index in [1.165, 1.54) is 12.1 Å². The van der Waals surface area contributed by atoms with Crippen LogP contribution < -0.4 is 5.73 Å². The number of halogens is 1. The van der Waals surface area contributed by atoms with Gasteiger partial charge in [-0.2, -0.15) is 0 Å². The van der Waals surface area contributed by atoms with E-state index in [1.807, 2.05) is 14.0 Å². The predicted molar refractivity (Wildman–Crippen MR) is 76.6 cm³/mol. The number of imidazole rings is 1. The van der Waals surface area contributed by atoms with Gasteiger partial charge in [-0.05, 0) is 31.9 Å². The van der Waals surface area contributed by atoms with Crippen LogP contribution in [0.3, 0.4) is 0 Å². The molecule has 0 bridgehead atoms. The maximum atomic E-state index is 13.2. The zero-order chi connectivity index (χ0) is 14.0. The van der Waals surface area contributed by atoms with Crippen molar-refractivity contribution in [3.05, 3.63) is 29.8 Å². The maximum absolute atomic E-state index is 13.2. The number of aromatic nitrogens is 2. The Morgan fingerprint density at radius 2 is 2.05 bits per heavy atom. The average molecular weight is 263 g/mol. The molecule has 2 N–H and O–H groups in total.